The second-order valence-corrected chi connectivity index (χ2v) is 6.46. The van der Waals surface area contributed by atoms with Gasteiger partial charge in [-0.1, -0.05) is 23.4 Å². The summed E-state index contributed by atoms with van der Waals surface area (Å²) in [7, 11) is 0. The van der Waals surface area contributed by atoms with Crippen molar-refractivity contribution < 1.29 is 4.52 Å². The maximum atomic E-state index is 5.17. The molecule has 0 bridgehead atoms. The second-order valence-electron chi connectivity index (χ2n) is 5.44. The van der Waals surface area contributed by atoms with Crippen LogP contribution in [0.5, 0.6) is 0 Å². The van der Waals surface area contributed by atoms with Crippen molar-refractivity contribution in [1.29, 1.82) is 0 Å². The second kappa shape index (κ2) is 5.65. The monoisotopic (exact) mass is 277 g/mol. The summed E-state index contributed by atoms with van der Waals surface area (Å²) in [6.45, 7) is 8.27. The van der Waals surface area contributed by atoms with Crippen LogP contribution in [-0.4, -0.2) is 15.7 Å². The van der Waals surface area contributed by atoms with Gasteiger partial charge in [0, 0.05) is 10.4 Å². The van der Waals surface area contributed by atoms with Crippen LogP contribution in [-0.2, 0) is 5.75 Å². The van der Waals surface area contributed by atoms with E-state index in [1.54, 1.807) is 11.8 Å². The van der Waals surface area contributed by atoms with E-state index >= 15 is 0 Å². The number of aryl methyl sites for hydroxylation is 1. The van der Waals surface area contributed by atoms with Crippen LogP contribution in [0.1, 0.15) is 32.2 Å². The zero-order valence-corrected chi connectivity index (χ0v) is 12.5. The Balaban J connectivity index is 1.96. The molecule has 5 heteroatoms. The van der Waals surface area contributed by atoms with Gasteiger partial charge in [0.1, 0.15) is 0 Å². The van der Waals surface area contributed by atoms with Crippen molar-refractivity contribution in [3.8, 4) is 0 Å². The number of aromatic nitrogens is 2. The molecule has 0 amide bonds. The highest BCUT2D eigenvalue weighted by molar-refractivity contribution is 7.98. The molecule has 19 heavy (non-hydrogen) atoms. The number of rotatable bonds is 4. The van der Waals surface area contributed by atoms with Crippen molar-refractivity contribution in [3.63, 3.8) is 0 Å². The molecule has 102 valence electrons. The molecule has 0 fully saturated rings. The Kier molecular flexibility index (Phi) is 4.14. The summed E-state index contributed by atoms with van der Waals surface area (Å²) >= 11 is 1.72. The highest BCUT2D eigenvalue weighted by Crippen LogP contribution is 2.25. The van der Waals surface area contributed by atoms with Gasteiger partial charge in [-0.15, -0.1) is 11.8 Å². The molecule has 2 aromatic rings. The van der Waals surface area contributed by atoms with E-state index in [9.17, 15) is 0 Å². The summed E-state index contributed by atoms with van der Waals surface area (Å²) in [6, 6.07) is 8.77. The Labute approximate surface area is 118 Å². The summed E-state index contributed by atoms with van der Waals surface area (Å²) < 4.78 is 5.17. The van der Waals surface area contributed by atoms with Crippen molar-refractivity contribution in [2.75, 3.05) is 5.32 Å². The van der Waals surface area contributed by atoms with E-state index in [4.69, 9.17) is 4.52 Å². The molecule has 0 unspecified atom stereocenters. The van der Waals surface area contributed by atoms with E-state index in [1.807, 2.05) is 12.1 Å². The van der Waals surface area contributed by atoms with E-state index in [-0.39, 0.29) is 5.54 Å². The van der Waals surface area contributed by atoms with Gasteiger partial charge in [-0.3, -0.25) is 0 Å². The molecule has 0 saturated heterocycles. The quantitative estimate of drug-likeness (QED) is 0.859. The van der Waals surface area contributed by atoms with Gasteiger partial charge in [-0.25, -0.2) is 0 Å². The van der Waals surface area contributed by atoms with Crippen LogP contribution in [0.15, 0.2) is 33.7 Å². The molecule has 0 aliphatic rings. The Bertz CT molecular complexity index is 546. The Morgan fingerprint density at radius 1 is 1.26 bits per heavy atom. The molecule has 0 atom stereocenters. The first-order valence-electron chi connectivity index (χ1n) is 6.23. The van der Waals surface area contributed by atoms with Crippen LogP contribution in [0.25, 0.3) is 0 Å². The van der Waals surface area contributed by atoms with Crippen molar-refractivity contribution >= 4 is 17.8 Å². The molecule has 1 N–H and O–H groups in total. The summed E-state index contributed by atoms with van der Waals surface area (Å²) in [5.41, 5.74) is 1.19. The van der Waals surface area contributed by atoms with Crippen molar-refractivity contribution in [2.45, 2.75) is 43.9 Å². The molecule has 1 aromatic heterocycles. The van der Waals surface area contributed by atoms with E-state index in [2.05, 4.69) is 55.3 Å². The van der Waals surface area contributed by atoms with Gasteiger partial charge in [0.15, 0.2) is 5.82 Å². The molecular formula is C14H19N3OS. The average Bonchev–Trinajstić information content (AvgIpc) is 2.73. The number of hydrogen-bond donors (Lipinski definition) is 1. The third-order valence-corrected chi connectivity index (χ3v) is 3.57. The van der Waals surface area contributed by atoms with Crippen molar-refractivity contribution in [3.05, 3.63) is 35.7 Å². The van der Waals surface area contributed by atoms with Gasteiger partial charge in [0.05, 0.1) is 5.75 Å². The predicted octanol–water partition coefficient (Wildman–Crippen LogP) is 3.88. The normalized spacial score (nSPS) is 11.6. The van der Waals surface area contributed by atoms with Gasteiger partial charge < -0.3 is 9.84 Å². The number of benzene rings is 1. The first-order chi connectivity index (χ1) is 8.94. The summed E-state index contributed by atoms with van der Waals surface area (Å²) in [6.07, 6.45) is 0. The molecule has 1 heterocycles. The van der Waals surface area contributed by atoms with Gasteiger partial charge in [0.2, 0.25) is 0 Å². The lowest BCUT2D eigenvalue weighted by molar-refractivity contribution is 0.414. The van der Waals surface area contributed by atoms with Crippen molar-refractivity contribution in [2.24, 2.45) is 0 Å². The lowest BCUT2D eigenvalue weighted by atomic mass is 10.1. The highest BCUT2D eigenvalue weighted by Gasteiger charge is 2.14. The van der Waals surface area contributed by atoms with E-state index in [1.165, 1.54) is 10.5 Å². The third-order valence-electron chi connectivity index (χ3n) is 2.40. The van der Waals surface area contributed by atoms with Gasteiger partial charge >= 0.3 is 6.01 Å². The Morgan fingerprint density at radius 3 is 2.68 bits per heavy atom. The van der Waals surface area contributed by atoms with E-state index in [0.717, 1.165) is 0 Å². The molecule has 0 aliphatic heterocycles. The zero-order valence-electron chi connectivity index (χ0n) is 11.7. The van der Waals surface area contributed by atoms with Crippen LogP contribution in [0.3, 0.4) is 0 Å². The minimum absolute atomic E-state index is 0.0764. The molecule has 1 aromatic carbocycles. The maximum absolute atomic E-state index is 5.17. The highest BCUT2D eigenvalue weighted by atomic mass is 32.2. The number of thioether (sulfide) groups is 1. The Morgan fingerprint density at radius 2 is 2.00 bits per heavy atom. The number of anilines is 1. The minimum atomic E-state index is -0.0764. The minimum Gasteiger partial charge on any atom is -0.333 e. The smallest absolute Gasteiger partial charge is 0.321 e. The fourth-order valence-corrected chi connectivity index (χ4v) is 2.42. The van der Waals surface area contributed by atoms with Gasteiger partial charge in [-0.05, 0) is 39.3 Å². The van der Waals surface area contributed by atoms with Gasteiger partial charge in [0.25, 0.3) is 0 Å². The molecule has 4 nitrogen and oxygen atoms in total. The van der Waals surface area contributed by atoms with Crippen molar-refractivity contribution in [1.82, 2.24) is 10.1 Å². The van der Waals surface area contributed by atoms with E-state index in [0.29, 0.717) is 17.6 Å². The first-order valence-corrected chi connectivity index (χ1v) is 7.22. The number of nitrogens with one attached hydrogen (secondary N) is 1. The zero-order chi connectivity index (χ0) is 13.9. The molecule has 2 rings (SSSR count). The van der Waals surface area contributed by atoms with Crippen LogP contribution in [0.2, 0.25) is 0 Å². The molecule has 0 aliphatic carbocycles. The molecule has 0 saturated carbocycles. The summed E-state index contributed by atoms with van der Waals surface area (Å²) in [5, 5.41) is 7.14. The standard InChI is InChI=1S/C14H19N3OS/c1-10-7-5-6-8-11(10)19-9-12-15-13(18-17-12)16-14(2,3)4/h5-8H,9H2,1-4H3,(H,15,16,17). The molecule has 0 spiro atoms. The van der Waals surface area contributed by atoms with Gasteiger partial charge in [-0.2, -0.15) is 4.98 Å². The summed E-state index contributed by atoms with van der Waals surface area (Å²) in [4.78, 5) is 5.58. The van der Waals surface area contributed by atoms with Crippen LogP contribution in [0.4, 0.5) is 6.01 Å². The average molecular weight is 277 g/mol. The van der Waals surface area contributed by atoms with E-state index < -0.39 is 0 Å². The topological polar surface area (TPSA) is 51.0 Å². The molecular weight excluding hydrogens is 258 g/mol. The lowest BCUT2D eigenvalue weighted by Gasteiger charge is -2.17. The SMILES string of the molecule is Cc1ccccc1SCc1noc(NC(C)(C)C)n1. The summed E-state index contributed by atoms with van der Waals surface area (Å²) in [5.74, 6) is 1.42. The van der Waals surface area contributed by atoms with Crippen LogP contribution < -0.4 is 5.32 Å². The van der Waals surface area contributed by atoms with Crippen LogP contribution in [0, 0.1) is 6.92 Å². The largest absolute Gasteiger partial charge is 0.333 e. The lowest BCUT2D eigenvalue weighted by Crippen LogP contribution is -2.26. The van der Waals surface area contributed by atoms with Crippen LogP contribution >= 0.6 is 11.8 Å². The Hall–Kier alpha value is -1.49. The maximum Gasteiger partial charge on any atom is 0.321 e. The first kappa shape index (κ1) is 13.9. The third kappa shape index (κ3) is 4.28. The fraction of sp³-hybridized carbons (Fsp3) is 0.429. The predicted molar refractivity (Wildman–Crippen MR) is 78.4 cm³/mol. The fourth-order valence-electron chi connectivity index (χ4n) is 1.54. The number of nitrogens with zero attached hydrogens (tertiary/aromatic N) is 2. The molecule has 0 radical (unpaired) electrons. The number of hydrogen-bond acceptors (Lipinski definition) is 5.